The van der Waals surface area contributed by atoms with Crippen LogP contribution in [0.5, 0.6) is 11.5 Å². The molecule has 6 atom stereocenters. The van der Waals surface area contributed by atoms with E-state index in [1.54, 1.807) is 63.6 Å². The van der Waals surface area contributed by atoms with Gasteiger partial charge in [-0.05, 0) is 38.3 Å². The lowest BCUT2D eigenvalue weighted by molar-refractivity contribution is -0.161. The fourth-order valence-corrected chi connectivity index (χ4v) is 9.58. The first-order valence-corrected chi connectivity index (χ1v) is 16.6. The van der Waals surface area contributed by atoms with Crippen LogP contribution in [0, 0.1) is 0 Å². The second-order valence-corrected chi connectivity index (χ2v) is 14.8. The van der Waals surface area contributed by atoms with Crippen molar-refractivity contribution in [2.24, 2.45) is 0 Å². The summed E-state index contributed by atoms with van der Waals surface area (Å²) >= 11 is 1.31. The number of carbonyl (C=O) groups excluding carboxylic acids is 3. The molecule has 1 saturated carbocycles. The molecule has 4 aliphatic rings. The molecule has 1 aromatic heterocycles. The Hall–Kier alpha value is -4.52. The van der Waals surface area contributed by atoms with Crippen LogP contribution < -0.4 is 25.5 Å². The van der Waals surface area contributed by atoms with Gasteiger partial charge in [-0.1, -0.05) is 43.2 Å². The van der Waals surface area contributed by atoms with Gasteiger partial charge in [-0.15, -0.1) is 11.8 Å². The fourth-order valence-electron chi connectivity index (χ4n) is 7.96. The molecule has 3 N–H and O–H groups in total. The summed E-state index contributed by atoms with van der Waals surface area (Å²) in [6.45, 7) is 3.51. The molecule has 6 unspecified atom stereocenters. The average molecular weight is 661 g/mol. The van der Waals surface area contributed by atoms with Crippen LogP contribution in [0.4, 0.5) is 0 Å². The van der Waals surface area contributed by atoms with Gasteiger partial charge >= 0.3 is 5.97 Å². The first-order chi connectivity index (χ1) is 22.5. The van der Waals surface area contributed by atoms with Crippen molar-refractivity contribution in [2.45, 2.75) is 79.7 Å². The maximum absolute atomic E-state index is 14.0. The number of benzene rings is 2. The Morgan fingerprint density at radius 3 is 2.47 bits per heavy atom. The Morgan fingerprint density at radius 1 is 1.06 bits per heavy atom. The van der Waals surface area contributed by atoms with Crippen LogP contribution in [0.25, 0.3) is 10.9 Å². The first-order valence-electron chi connectivity index (χ1n) is 15.7. The van der Waals surface area contributed by atoms with E-state index in [0.717, 1.165) is 36.8 Å². The lowest BCUT2D eigenvalue weighted by Gasteiger charge is -2.44. The van der Waals surface area contributed by atoms with E-state index in [4.69, 9.17) is 9.47 Å². The number of methoxy groups -OCH3 is 2. The number of pyridine rings is 1. The Kier molecular flexibility index (Phi) is 7.49. The molecule has 0 radical (unpaired) electrons. The Morgan fingerprint density at radius 2 is 1.79 bits per heavy atom. The van der Waals surface area contributed by atoms with Crippen molar-refractivity contribution in [3.63, 3.8) is 0 Å². The van der Waals surface area contributed by atoms with E-state index >= 15 is 0 Å². The molecule has 246 valence electrons. The smallest absolute Gasteiger partial charge is 0.327 e. The zero-order chi connectivity index (χ0) is 33.4. The number of nitrogens with one attached hydrogen (secondary N) is 2. The monoisotopic (exact) mass is 660 g/mol. The third kappa shape index (κ3) is 4.68. The summed E-state index contributed by atoms with van der Waals surface area (Å²) in [7, 11) is 3.10. The van der Waals surface area contributed by atoms with Crippen LogP contribution in [0.2, 0.25) is 0 Å². The predicted molar refractivity (Wildman–Crippen MR) is 174 cm³/mol. The van der Waals surface area contributed by atoms with E-state index in [-0.39, 0.29) is 17.5 Å². The van der Waals surface area contributed by atoms with Crippen molar-refractivity contribution < 1.29 is 33.8 Å². The summed E-state index contributed by atoms with van der Waals surface area (Å²) in [5.74, 6) is -1.86. The zero-order valence-electron chi connectivity index (χ0n) is 26.4. The maximum Gasteiger partial charge on any atom is 0.327 e. The van der Waals surface area contributed by atoms with Gasteiger partial charge in [0.1, 0.15) is 29.1 Å². The van der Waals surface area contributed by atoms with Crippen LogP contribution in [0.1, 0.15) is 79.0 Å². The van der Waals surface area contributed by atoms with Gasteiger partial charge in [-0.2, -0.15) is 0 Å². The lowest BCUT2D eigenvalue weighted by atomic mass is 9.81. The number of carboxylic acids is 1. The molecule has 3 aliphatic heterocycles. The quantitative estimate of drug-likeness (QED) is 0.309. The summed E-state index contributed by atoms with van der Waals surface area (Å²) in [6, 6.07) is 7.00. The highest BCUT2D eigenvalue weighted by Crippen LogP contribution is 2.55. The molecular weight excluding hydrogens is 624 g/mol. The molecule has 3 fully saturated rings. The number of carbonyl (C=O) groups is 4. The SMILES string of the molecule is COc1cc2c(=O)c(C(=O)NC(C(=O)NC3C(=O)N4C3SC(C)(C)C4C(=O)O)c3ccccc3)cn3c2c(c1OC)C1CCCCC13. The molecular formula is C34H36N4O8S. The summed E-state index contributed by atoms with van der Waals surface area (Å²) in [5, 5.41) is 15.1. The van der Waals surface area contributed by atoms with Gasteiger partial charge in [0.2, 0.25) is 17.2 Å². The van der Waals surface area contributed by atoms with E-state index < -0.39 is 57.4 Å². The number of thioether (sulfide) groups is 1. The number of rotatable bonds is 8. The summed E-state index contributed by atoms with van der Waals surface area (Å²) in [4.78, 5) is 68.3. The highest BCUT2D eigenvalue weighted by atomic mass is 32.2. The van der Waals surface area contributed by atoms with Gasteiger partial charge < -0.3 is 34.7 Å². The van der Waals surface area contributed by atoms with Crippen LogP contribution in [-0.2, 0) is 14.4 Å². The minimum Gasteiger partial charge on any atom is -0.493 e. The molecule has 7 rings (SSSR count). The van der Waals surface area contributed by atoms with E-state index in [2.05, 4.69) is 10.6 Å². The van der Waals surface area contributed by atoms with Crippen molar-refractivity contribution in [3.05, 3.63) is 69.5 Å². The number of amides is 3. The van der Waals surface area contributed by atoms with Crippen molar-refractivity contribution >= 4 is 46.4 Å². The third-order valence-corrected chi connectivity index (χ3v) is 11.6. The van der Waals surface area contributed by atoms with Gasteiger partial charge in [0, 0.05) is 28.5 Å². The van der Waals surface area contributed by atoms with E-state index in [0.29, 0.717) is 22.4 Å². The Balaban J connectivity index is 1.23. The molecule has 12 nitrogen and oxygen atoms in total. The number of hydrogen-bond donors (Lipinski definition) is 3. The van der Waals surface area contributed by atoms with E-state index in [1.165, 1.54) is 23.8 Å². The molecule has 3 aromatic rings. The Labute approximate surface area is 274 Å². The zero-order valence-corrected chi connectivity index (χ0v) is 27.3. The number of ether oxygens (including phenoxy) is 2. The van der Waals surface area contributed by atoms with Crippen LogP contribution in [0.15, 0.2) is 47.4 Å². The van der Waals surface area contributed by atoms with Crippen molar-refractivity contribution in [2.75, 3.05) is 14.2 Å². The summed E-state index contributed by atoms with van der Waals surface area (Å²) in [6.07, 6.45) is 5.45. The predicted octanol–water partition coefficient (Wildman–Crippen LogP) is 3.33. The molecule has 3 amide bonds. The number of hydrogen-bond acceptors (Lipinski definition) is 8. The molecule has 2 aromatic carbocycles. The van der Waals surface area contributed by atoms with Crippen LogP contribution >= 0.6 is 11.8 Å². The molecule has 47 heavy (non-hydrogen) atoms. The number of β-lactam (4-membered cyclic amide) rings is 1. The lowest BCUT2D eigenvalue weighted by Crippen LogP contribution is -2.71. The van der Waals surface area contributed by atoms with Gasteiger partial charge in [0.15, 0.2) is 11.5 Å². The first kappa shape index (κ1) is 31.1. The maximum atomic E-state index is 14.0. The number of nitrogens with zero attached hydrogens (tertiary/aromatic N) is 2. The van der Waals surface area contributed by atoms with Gasteiger partial charge in [-0.3, -0.25) is 19.2 Å². The molecule has 0 bridgehead atoms. The van der Waals surface area contributed by atoms with Crippen molar-refractivity contribution in [1.29, 1.82) is 0 Å². The molecule has 0 spiro atoms. The van der Waals surface area contributed by atoms with Gasteiger partial charge in [0.05, 0.1) is 25.1 Å². The van der Waals surface area contributed by atoms with Crippen molar-refractivity contribution in [1.82, 2.24) is 20.1 Å². The standard InChI is InChI=1S/C34H36N4O8S/c1-34(2)28(33(43)44)38-31(42)24(32(38)47-34)36-30(41)23(16-10-6-5-7-11-16)35-29(40)19-15-37-20-13-9-8-12-17(20)22-25(37)18(26(19)39)14-21(45-3)27(22)46-4/h5-7,10-11,14-15,17,20,23-24,28,32H,8-9,12-13H2,1-4H3,(H,35,40)(H,36,41)(H,43,44). The fraction of sp³-hybridized carbons (Fsp3) is 0.441. The van der Waals surface area contributed by atoms with Gasteiger partial charge in [0.25, 0.3) is 5.91 Å². The molecule has 1 aliphatic carbocycles. The third-order valence-electron chi connectivity index (χ3n) is 10.0. The topological polar surface area (TPSA) is 156 Å². The highest BCUT2D eigenvalue weighted by Gasteiger charge is 2.64. The van der Waals surface area contributed by atoms with Crippen molar-refractivity contribution in [3.8, 4) is 11.5 Å². The highest BCUT2D eigenvalue weighted by molar-refractivity contribution is 8.01. The molecule has 4 heterocycles. The summed E-state index contributed by atoms with van der Waals surface area (Å²) in [5.41, 5.74) is 1.52. The van der Waals surface area contributed by atoms with E-state index in [1.807, 2.05) is 4.57 Å². The normalized spacial score (nSPS) is 25.7. The minimum absolute atomic E-state index is 0.0398. The van der Waals surface area contributed by atoms with Crippen LogP contribution in [0.3, 0.4) is 0 Å². The molecule has 13 heteroatoms. The molecule has 2 saturated heterocycles. The van der Waals surface area contributed by atoms with Gasteiger partial charge in [-0.25, -0.2) is 4.79 Å². The number of aliphatic carboxylic acids is 1. The number of carboxylic acid groups (broad SMARTS) is 1. The summed E-state index contributed by atoms with van der Waals surface area (Å²) < 4.78 is 12.7. The second-order valence-electron chi connectivity index (χ2n) is 13.1. The Bertz CT molecular complexity index is 1890. The average Bonchev–Trinajstić information content (AvgIpc) is 3.53. The number of fused-ring (bicyclic) bond motifs is 4. The largest absolute Gasteiger partial charge is 0.493 e. The van der Waals surface area contributed by atoms with E-state index in [9.17, 15) is 29.1 Å². The van der Waals surface area contributed by atoms with Crippen LogP contribution in [-0.4, -0.2) is 74.7 Å². The number of aromatic nitrogens is 1. The second kappa shape index (κ2) is 11.3. The minimum atomic E-state index is -1.24.